The minimum atomic E-state index is -0.825. The third kappa shape index (κ3) is 7.19. The predicted octanol–water partition coefficient (Wildman–Crippen LogP) is 1.38. The van der Waals surface area contributed by atoms with Crippen molar-refractivity contribution in [3.63, 3.8) is 0 Å². The van der Waals surface area contributed by atoms with Crippen LogP contribution in [0.2, 0.25) is 0 Å². The van der Waals surface area contributed by atoms with Gasteiger partial charge >= 0.3 is 0 Å². The van der Waals surface area contributed by atoms with E-state index >= 15 is 0 Å². The molecule has 198 valence electrons. The number of morpholine rings is 1. The molecule has 0 aliphatic carbocycles. The van der Waals surface area contributed by atoms with Crippen LogP contribution >= 0.6 is 0 Å². The zero-order chi connectivity index (χ0) is 25.4. The smallest absolute Gasteiger partial charge is 0.161 e. The van der Waals surface area contributed by atoms with Crippen molar-refractivity contribution >= 4 is 11.6 Å². The van der Waals surface area contributed by atoms with Gasteiger partial charge in [0.15, 0.2) is 11.5 Å². The monoisotopic (exact) mass is 500 g/mol. The van der Waals surface area contributed by atoms with Gasteiger partial charge in [-0.3, -0.25) is 4.90 Å². The maximum atomic E-state index is 11.3. The van der Waals surface area contributed by atoms with E-state index in [0.29, 0.717) is 26.2 Å². The molecule has 2 aliphatic rings. The molecule has 0 saturated carbocycles. The molecule has 4 rings (SSSR count). The van der Waals surface area contributed by atoms with Crippen molar-refractivity contribution in [2.75, 3.05) is 90.1 Å². The molecular formula is C26H40N6O4. The van der Waals surface area contributed by atoms with Crippen molar-refractivity contribution in [2.45, 2.75) is 25.0 Å². The first-order valence-corrected chi connectivity index (χ1v) is 12.7. The number of β-amino-alcohol motifs (C(OH)–C–C–N with tert-alkyl or cyclic N) is 1. The van der Waals surface area contributed by atoms with E-state index in [0.717, 1.165) is 80.9 Å². The summed E-state index contributed by atoms with van der Waals surface area (Å²) in [6.07, 6.45) is 3.24. The number of nitrogens with zero attached hydrogens (tertiary/aromatic N) is 5. The molecule has 1 aromatic carbocycles. The van der Waals surface area contributed by atoms with Crippen LogP contribution in [0.15, 0.2) is 30.6 Å². The van der Waals surface area contributed by atoms with E-state index in [1.807, 2.05) is 43.3 Å². The minimum absolute atomic E-state index is 0.495. The number of piperidine rings is 1. The van der Waals surface area contributed by atoms with E-state index in [4.69, 9.17) is 14.2 Å². The average molecular weight is 501 g/mol. The average Bonchev–Trinajstić information content (AvgIpc) is 2.90. The first-order valence-electron chi connectivity index (χ1n) is 12.7. The van der Waals surface area contributed by atoms with E-state index in [-0.39, 0.29) is 0 Å². The zero-order valence-electron chi connectivity index (χ0n) is 21.8. The van der Waals surface area contributed by atoms with Gasteiger partial charge in [-0.25, -0.2) is 9.97 Å². The van der Waals surface area contributed by atoms with Crippen LogP contribution in [0.1, 0.15) is 18.4 Å². The Morgan fingerprint density at radius 2 is 1.97 bits per heavy atom. The Bertz CT molecular complexity index is 971. The second-order valence-corrected chi connectivity index (χ2v) is 9.77. The van der Waals surface area contributed by atoms with Crippen LogP contribution in [-0.4, -0.2) is 106 Å². The minimum Gasteiger partial charge on any atom is -0.493 e. The van der Waals surface area contributed by atoms with Crippen LogP contribution in [-0.2, 0) is 11.3 Å². The lowest BCUT2D eigenvalue weighted by atomic mass is 9.92. The largest absolute Gasteiger partial charge is 0.493 e. The Balaban J connectivity index is 1.27. The maximum absolute atomic E-state index is 11.3. The van der Waals surface area contributed by atoms with Crippen LogP contribution in [0, 0.1) is 0 Å². The van der Waals surface area contributed by atoms with Gasteiger partial charge in [0.2, 0.25) is 0 Å². The van der Waals surface area contributed by atoms with Gasteiger partial charge < -0.3 is 34.4 Å². The summed E-state index contributed by atoms with van der Waals surface area (Å²) in [5, 5.41) is 14.7. The summed E-state index contributed by atoms with van der Waals surface area (Å²) in [7, 11) is 5.58. The number of rotatable bonds is 11. The fourth-order valence-electron chi connectivity index (χ4n) is 4.70. The van der Waals surface area contributed by atoms with Gasteiger partial charge in [0, 0.05) is 66.0 Å². The molecule has 2 aliphatic heterocycles. The van der Waals surface area contributed by atoms with Gasteiger partial charge in [0.05, 0.1) is 25.9 Å². The zero-order valence-corrected chi connectivity index (χ0v) is 21.8. The SMILES string of the molecule is COc1cc(CNC[C@@]2(O)CCCN(c3cc(N(C)C)ncn3)C2)ccc1OCCN1CCOCC1. The molecule has 10 heteroatoms. The maximum Gasteiger partial charge on any atom is 0.161 e. The van der Waals surface area contributed by atoms with Gasteiger partial charge in [-0.1, -0.05) is 6.07 Å². The summed E-state index contributed by atoms with van der Waals surface area (Å²) in [6, 6.07) is 7.97. The van der Waals surface area contributed by atoms with Crippen molar-refractivity contribution in [1.82, 2.24) is 20.2 Å². The highest BCUT2D eigenvalue weighted by Crippen LogP contribution is 2.29. The van der Waals surface area contributed by atoms with Gasteiger partial charge in [-0.15, -0.1) is 0 Å². The molecule has 2 saturated heterocycles. The lowest BCUT2D eigenvalue weighted by Crippen LogP contribution is -2.53. The number of aromatic nitrogens is 2. The summed E-state index contributed by atoms with van der Waals surface area (Å²) in [4.78, 5) is 15.2. The summed E-state index contributed by atoms with van der Waals surface area (Å²) in [5.41, 5.74) is 0.253. The van der Waals surface area contributed by atoms with Crippen molar-refractivity contribution in [3.05, 3.63) is 36.2 Å². The van der Waals surface area contributed by atoms with Crippen LogP contribution in [0.5, 0.6) is 11.5 Å². The molecule has 2 aromatic rings. The molecule has 0 amide bonds. The van der Waals surface area contributed by atoms with Gasteiger partial charge in [-0.2, -0.15) is 0 Å². The number of anilines is 2. The molecular weight excluding hydrogens is 460 g/mol. The van der Waals surface area contributed by atoms with E-state index in [9.17, 15) is 5.11 Å². The molecule has 36 heavy (non-hydrogen) atoms. The lowest BCUT2D eigenvalue weighted by Gasteiger charge is -2.40. The standard InChI is InChI=1S/C26H40N6O4/c1-30(2)24-16-25(29-20-28-24)32-8-4-7-26(33,19-32)18-27-17-21-5-6-22(23(15-21)34-3)36-14-11-31-9-12-35-13-10-31/h5-6,15-16,20,27,33H,4,7-14,17-19H2,1-3H3/t26-/m0/s1. The summed E-state index contributed by atoms with van der Waals surface area (Å²) in [6.45, 7) is 7.49. The Labute approximate surface area is 214 Å². The van der Waals surface area contributed by atoms with Crippen molar-refractivity contribution in [1.29, 1.82) is 0 Å². The van der Waals surface area contributed by atoms with Gasteiger partial charge in [0.1, 0.15) is 24.6 Å². The number of ether oxygens (including phenoxy) is 3. The number of hydrogen-bond acceptors (Lipinski definition) is 10. The van der Waals surface area contributed by atoms with Crippen LogP contribution < -0.4 is 24.6 Å². The Morgan fingerprint density at radius 1 is 1.14 bits per heavy atom. The first kappa shape index (κ1) is 26.4. The normalized spacial score (nSPS) is 20.8. The molecule has 1 atom stereocenters. The Kier molecular flexibility index (Phi) is 9.19. The first-order chi connectivity index (χ1) is 17.5. The number of aliphatic hydroxyl groups is 1. The highest BCUT2D eigenvalue weighted by molar-refractivity contribution is 5.50. The van der Waals surface area contributed by atoms with Crippen molar-refractivity contribution in [2.24, 2.45) is 0 Å². The van der Waals surface area contributed by atoms with Crippen molar-refractivity contribution < 1.29 is 19.3 Å². The quantitative estimate of drug-likeness (QED) is 0.471. The Morgan fingerprint density at radius 3 is 2.75 bits per heavy atom. The second-order valence-electron chi connectivity index (χ2n) is 9.77. The molecule has 2 fully saturated rings. The molecule has 0 unspecified atom stereocenters. The van der Waals surface area contributed by atoms with E-state index in [1.165, 1.54) is 0 Å². The molecule has 1 aromatic heterocycles. The van der Waals surface area contributed by atoms with Crippen molar-refractivity contribution in [3.8, 4) is 11.5 Å². The molecule has 3 heterocycles. The molecule has 0 spiro atoms. The van der Waals surface area contributed by atoms with E-state index < -0.39 is 5.60 Å². The third-order valence-corrected chi connectivity index (χ3v) is 6.76. The highest BCUT2D eigenvalue weighted by Gasteiger charge is 2.33. The molecule has 2 N–H and O–H groups in total. The van der Waals surface area contributed by atoms with E-state index in [1.54, 1.807) is 13.4 Å². The fourth-order valence-corrected chi connectivity index (χ4v) is 4.70. The second kappa shape index (κ2) is 12.5. The topological polar surface area (TPSA) is 95.5 Å². The van der Waals surface area contributed by atoms with Gasteiger partial charge in [0.25, 0.3) is 0 Å². The van der Waals surface area contributed by atoms with Gasteiger partial charge in [-0.05, 0) is 30.5 Å². The summed E-state index contributed by atoms with van der Waals surface area (Å²) < 4.78 is 17.0. The van der Waals surface area contributed by atoms with E-state index in [2.05, 4.69) is 25.1 Å². The Hall–Kier alpha value is -2.66. The number of hydrogen-bond donors (Lipinski definition) is 2. The van der Waals surface area contributed by atoms with Crippen LogP contribution in [0.3, 0.4) is 0 Å². The van der Waals surface area contributed by atoms with Crippen LogP contribution in [0.4, 0.5) is 11.6 Å². The molecule has 0 radical (unpaired) electrons. The number of benzene rings is 1. The molecule has 10 nitrogen and oxygen atoms in total. The number of nitrogens with one attached hydrogen (secondary N) is 1. The third-order valence-electron chi connectivity index (χ3n) is 6.76. The summed E-state index contributed by atoms with van der Waals surface area (Å²) in [5.74, 6) is 3.17. The highest BCUT2D eigenvalue weighted by atomic mass is 16.5. The number of methoxy groups -OCH3 is 1. The molecule has 0 bridgehead atoms. The fraction of sp³-hybridized carbons (Fsp3) is 0.615. The summed E-state index contributed by atoms with van der Waals surface area (Å²) >= 11 is 0. The van der Waals surface area contributed by atoms with Crippen LogP contribution in [0.25, 0.3) is 0 Å². The lowest BCUT2D eigenvalue weighted by molar-refractivity contribution is 0.0258. The predicted molar refractivity (Wildman–Crippen MR) is 140 cm³/mol.